The summed E-state index contributed by atoms with van der Waals surface area (Å²) in [4.78, 5) is 0. The molecule has 0 saturated heterocycles. The molecule has 0 rings (SSSR count). The van der Waals surface area contributed by atoms with E-state index in [9.17, 15) is 0 Å². The van der Waals surface area contributed by atoms with Crippen molar-refractivity contribution in [3.05, 3.63) is 24.8 Å². The molecule has 0 radical (unpaired) electrons. The smallest absolute Gasteiger partial charge is 0.0278 e. The molecule has 0 saturated carbocycles. The van der Waals surface area contributed by atoms with Gasteiger partial charge in [0.25, 0.3) is 0 Å². The Morgan fingerprint density at radius 2 is 2.25 bits per heavy atom. The number of hydrogen-bond acceptors (Lipinski definition) is 2. The number of nitrogens with one attached hydrogen (secondary N) is 1. The van der Waals surface area contributed by atoms with Crippen LogP contribution in [0.25, 0.3) is 0 Å². The van der Waals surface area contributed by atoms with Crippen LogP contribution in [0.15, 0.2) is 24.8 Å². The van der Waals surface area contributed by atoms with Crippen molar-refractivity contribution in [1.29, 1.82) is 0 Å². The minimum absolute atomic E-state index is 0.730. The highest BCUT2D eigenvalue weighted by Crippen LogP contribution is 1.79. The molecule has 2 heteroatoms. The number of rotatable bonds is 4. The van der Waals surface area contributed by atoms with Crippen LogP contribution in [0.2, 0.25) is 0 Å². The van der Waals surface area contributed by atoms with Crippen LogP contribution in [0.1, 0.15) is 6.42 Å². The van der Waals surface area contributed by atoms with Gasteiger partial charge in [-0.25, -0.2) is 0 Å². The summed E-state index contributed by atoms with van der Waals surface area (Å²) in [6.07, 6.45) is 6.73. The van der Waals surface area contributed by atoms with Crippen molar-refractivity contribution in [3.8, 4) is 0 Å². The van der Waals surface area contributed by atoms with E-state index in [-0.39, 0.29) is 0 Å². The van der Waals surface area contributed by atoms with Gasteiger partial charge < -0.3 is 0 Å². The first-order valence-electron chi connectivity index (χ1n) is 2.61. The Labute approximate surface area is 50.0 Å². The van der Waals surface area contributed by atoms with Gasteiger partial charge in [0, 0.05) is 6.54 Å². The monoisotopic (exact) mass is 112 g/mol. The van der Waals surface area contributed by atoms with Gasteiger partial charge in [0.2, 0.25) is 0 Å². The Hall–Kier alpha value is -0.600. The molecule has 0 aromatic rings. The molecule has 0 atom stereocenters. The van der Waals surface area contributed by atoms with Gasteiger partial charge in [0.05, 0.1) is 0 Å². The molecule has 0 aromatic heterocycles. The average molecular weight is 112 g/mol. The minimum Gasteiger partial charge on any atom is -0.271 e. The maximum atomic E-state index is 4.98. The zero-order chi connectivity index (χ0) is 6.24. The van der Waals surface area contributed by atoms with Crippen LogP contribution in [0.4, 0.5) is 0 Å². The summed E-state index contributed by atoms with van der Waals surface area (Å²) in [5, 5.41) is 0. The molecule has 0 bridgehead atoms. The molecule has 0 spiro atoms. The maximum Gasteiger partial charge on any atom is 0.0278 e. The number of hydrazine groups is 1. The molecular formula is C6H12N2. The highest BCUT2D eigenvalue weighted by atomic mass is 15.2. The lowest BCUT2D eigenvalue weighted by atomic mass is 10.4. The van der Waals surface area contributed by atoms with Crippen LogP contribution >= 0.6 is 0 Å². The third-order valence-corrected chi connectivity index (χ3v) is 0.705. The summed E-state index contributed by atoms with van der Waals surface area (Å²) in [5.41, 5.74) is 2.51. The summed E-state index contributed by atoms with van der Waals surface area (Å²) < 4.78 is 0. The normalized spacial score (nSPS) is 10.1. The van der Waals surface area contributed by atoms with E-state index < -0.39 is 0 Å². The molecule has 0 unspecified atom stereocenters. The van der Waals surface area contributed by atoms with E-state index in [1.54, 1.807) is 0 Å². The van der Waals surface area contributed by atoms with Crippen molar-refractivity contribution < 1.29 is 0 Å². The Balaban J connectivity index is 2.94. The van der Waals surface area contributed by atoms with Crippen molar-refractivity contribution in [3.63, 3.8) is 0 Å². The van der Waals surface area contributed by atoms with E-state index in [1.165, 1.54) is 0 Å². The van der Waals surface area contributed by atoms with Crippen LogP contribution in [-0.4, -0.2) is 6.54 Å². The third-order valence-electron chi connectivity index (χ3n) is 0.705. The van der Waals surface area contributed by atoms with E-state index >= 15 is 0 Å². The highest BCUT2D eigenvalue weighted by molar-refractivity contribution is 4.88. The van der Waals surface area contributed by atoms with Crippen LogP contribution < -0.4 is 11.3 Å². The van der Waals surface area contributed by atoms with E-state index in [2.05, 4.69) is 12.0 Å². The van der Waals surface area contributed by atoms with Crippen LogP contribution in [0, 0.1) is 0 Å². The Kier molecular flexibility index (Phi) is 5.92. The van der Waals surface area contributed by atoms with E-state index in [1.807, 2.05) is 18.2 Å². The van der Waals surface area contributed by atoms with Gasteiger partial charge in [0.1, 0.15) is 0 Å². The van der Waals surface area contributed by atoms with Gasteiger partial charge in [-0.2, -0.15) is 0 Å². The van der Waals surface area contributed by atoms with E-state index in [0.29, 0.717) is 0 Å². The predicted octanol–water partition coefficient (Wildman–Crippen LogP) is 0.582. The van der Waals surface area contributed by atoms with Gasteiger partial charge in [-0.1, -0.05) is 18.2 Å². The molecule has 0 amide bonds. The second kappa shape index (κ2) is 6.40. The lowest BCUT2D eigenvalue weighted by Crippen LogP contribution is -2.21. The second-order valence-electron chi connectivity index (χ2n) is 1.40. The molecule has 0 aromatic carbocycles. The molecular weight excluding hydrogens is 100 g/mol. The molecule has 3 N–H and O–H groups in total. The molecule has 0 aliphatic carbocycles. The molecule has 0 aliphatic heterocycles. The van der Waals surface area contributed by atoms with Crippen molar-refractivity contribution in [2.45, 2.75) is 6.42 Å². The SMILES string of the molecule is C=CCC=CCNN. The average Bonchev–Trinajstić information content (AvgIpc) is 1.81. The summed E-state index contributed by atoms with van der Waals surface area (Å²) in [7, 11) is 0. The van der Waals surface area contributed by atoms with Gasteiger partial charge in [-0.3, -0.25) is 11.3 Å². The first-order chi connectivity index (χ1) is 3.91. The molecule has 0 fully saturated rings. The van der Waals surface area contributed by atoms with Gasteiger partial charge in [-0.05, 0) is 6.42 Å². The first-order valence-corrected chi connectivity index (χ1v) is 2.61. The fourth-order valence-corrected chi connectivity index (χ4v) is 0.344. The van der Waals surface area contributed by atoms with Gasteiger partial charge in [0.15, 0.2) is 0 Å². The van der Waals surface area contributed by atoms with Crippen molar-refractivity contribution in [1.82, 2.24) is 5.43 Å². The largest absolute Gasteiger partial charge is 0.271 e. The highest BCUT2D eigenvalue weighted by Gasteiger charge is 1.67. The molecule has 46 valence electrons. The first kappa shape index (κ1) is 7.40. The zero-order valence-corrected chi connectivity index (χ0v) is 4.93. The Bertz CT molecular complexity index is 76.6. The lowest BCUT2D eigenvalue weighted by Gasteiger charge is -1.84. The number of hydrogen-bond donors (Lipinski definition) is 2. The molecule has 2 nitrogen and oxygen atoms in total. The standard InChI is InChI=1S/C6H12N2/c1-2-3-4-5-6-8-7/h2,4-5,8H,1,3,6-7H2. The predicted molar refractivity (Wildman–Crippen MR) is 36.1 cm³/mol. The van der Waals surface area contributed by atoms with Crippen molar-refractivity contribution in [2.75, 3.05) is 6.54 Å². The lowest BCUT2D eigenvalue weighted by molar-refractivity contribution is 0.822. The van der Waals surface area contributed by atoms with Gasteiger partial charge in [-0.15, -0.1) is 6.58 Å². The summed E-state index contributed by atoms with van der Waals surface area (Å²) >= 11 is 0. The van der Waals surface area contributed by atoms with Gasteiger partial charge >= 0.3 is 0 Å². The Morgan fingerprint density at radius 3 is 2.75 bits per heavy atom. The molecule has 0 aliphatic rings. The van der Waals surface area contributed by atoms with Crippen LogP contribution in [0.5, 0.6) is 0 Å². The second-order valence-corrected chi connectivity index (χ2v) is 1.40. The number of nitrogens with two attached hydrogens (primary N) is 1. The summed E-state index contributed by atoms with van der Waals surface area (Å²) in [5.74, 6) is 4.98. The van der Waals surface area contributed by atoms with Crippen LogP contribution in [0.3, 0.4) is 0 Å². The number of allylic oxidation sites excluding steroid dienone is 2. The Morgan fingerprint density at radius 1 is 1.50 bits per heavy atom. The molecule has 0 heterocycles. The van der Waals surface area contributed by atoms with E-state index in [4.69, 9.17) is 5.84 Å². The fraction of sp³-hybridized carbons (Fsp3) is 0.333. The fourth-order valence-electron chi connectivity index (χ4n) is 0.344. The zero-order valence-electron chi connectivity index (χ0n) is 4.93. The van der Waals surface area contributed by atoms with Crippen molar-refractivity contribution in [2.24, 2.45) is 5.84 Å². The maximum absolute atomic E-state index is 4.98. The van der Waals surface area contributed by atoms with E-state index in [0.717, 1.165) is 13.0 Å². The molecule has 8 heavy (non-hydrogen) atoms. The minimum atomic E-state index is 0.730. The topological polar surface area (TPSA) is 38.0 Å². The third kappa shape index (κ3) is 5.40. The van der Waals surface area contributed by atoms with Crippen molar-refractivity contribution >= 4 is 0 Å². The summed E-state index contributed by atoms with van der Waals surface area (Å²) in [6.45, 7) is 4.29. The van der Waals surface area contributed by atoms with Crippen LogP contribution in [-0.2, 0) is 0 Å². The summed E-state index contributed by atoms with van der Waals surface area (Å²) in [6, 6.07) is 0. The quantitative estimate of drug-likeness (QED) is 0.317.